The Morgan fingerprint density at radius 3 is 2.73 bits per heavy atom. The summed E-state index contributed by atoms with van der Waals surface area (Å²) in [6, 6.07) is 0. The highest BCUT2D eigenvalue weighted by molar-refractivity contribution is 5.56. The number of nitrogens with one attached hydrogen (secondary N) is 1. The van der Waals surface area contributed by atoms with E-state index in [-0.39, 0.29) is 6.73 Å². The van der Waals surface area contributed by atoms with E-state index in [1.807, 2.05) is 4.90 Å². The van der Waals surface area contributed by atoms with Crippen molar-refractivity contribution in [3.63, 3.8) is 0 Å². The molecule has 0 atom stereocenters. The molecule has 1 saturated heterocycles. The first-order chi connectivity index (χ1) is 5.29. The molecule has 2 N–H and O–H groups in total. The van der Waals surface area contributed by atoms with Gasteiger partial charge in [0.15, 0.2) is 0 Å². The summed E-state index contributed by atoms with van der Waals surface area (Å²) >= 11 is 0. The minimum atomic E-state index is -1.21. The molecule has 0 aliphatic carbocycles. The third-order valence-electron chi connectivity index (χ3n) is 1.58. The van der Waals surface area contributed by atoms with E-state index in [2.05, 4.69) is 10.1 Å². The average molecular weight is 160 g/mol. The Morgan fingerprint density at radius 1 is 1.55 bits per heavy atom. The molecule has 1 fully saturated rings. The van der Waals surface area contributed by atoms with Crippen LogP contribution in [0.2, 0.25) is 0 Å². The summed E-state index contributed by atoms with van der Waals surface area (Å²) in [6.45, 7) is 3.71. The molecule has 0 bridgehead atoms. The first-order valence-corrected chi connectivity index (χ1v) is 3.58. The summed E-state index contributed by atoms with van der Waals surface area (Å²) in [5, 5.41) is 11.3. The average Bonchev–Trinajstić information content (AvgIpc) is 2.03. The van der Waals surface area contributed by atoms with Crippen LogP contribution in [-0.4, -0.2) is 49.1 Å². The monoisotopic (exact) mass is 160 g/mol. The van der Waals surface area contributed by atoms with Crippen molar-refractivity contribution in [1.82, 2.24) is 10.2 Å². The van der Waals surface area contributed by atoms with Gasteiger partial charge >= 0.3 is 6.16 Å². The van der Waals surface area contributed by atoms with Crippen molar-refractivity contribution >= 4 is 6.16 Å². The van der Waals surface area contributed by atoms with Crippen LogP contribution in [0.25, 0.3) is 0 Å². The molecule has 1 aliphatic heterocycles. The van der Waals surface area contributed by atoms with Crippen LogP contribution in [0.3, 0.4) is 0 Å². The zero-order valence-corrected chi connectivity index (χ0v) is 6.25. The Hall–Kier alpha value is -0.810. The van der Waals surface area contributed by atoms with Gasteiger partial charge in [-0.15, -0.1) is 0 Å². The second-order valence-corrected chi connectivity index (χ2v) is 2.41. The van der Waals surface area contributed by atoms with Gasteiger partial charge in [0.1, 0.15) is 6.73 Å². The van der Waals surface area contributed by atoms with Gasteiger partial charge in [0.2, 0.25) is 0 Å². The third kappa shape index (κ3) is 3.20. The molecular formula is C6H12N2O3. The van der Waals surface area contributed by atoms with Crippen LogP contribution >= 0.6 is 0 Å². The fraction of sp³-hybridized carbons (Fsp3) is 0.833. The van der Waals surface area contributed by atoms with Crippen LogP contribution in [0.1, 0.15) is 0 Å². The van der Waals surface area contributed by atoms with E-state index in [1.54, 1.807) is 0 Å². The number of hydrogen-bond acceptors (Lipinski definition) is 4. The molecule has 5 nitrogen and oxygen atoms in total. The molecule has 64 valence electrons. The van der Waals surface area contributed by atoms with Gasteiger partial charge in [0.25, 0.3) is 0 Å². The van der Waals surface area contributed by atoms with Gasteiger partial charge in [-0.25, -0.2) is 4.79 Å². The highest BCUT2D eigenvalue weighted by Crippen LogP contribution is 1.91. The lowest BCUT2D eigenvalue weighted by Crippen LogP contribution is -2.44. The third-order valence-corrected chi connectivity index (χ3v) is 1.58. The van der Waals surface area contributed by atoms with Crippen LogP contribution in [-0.2, 0) is 4.74 Å². The molecule has 0 aromatic rings. The smallest absolute Gasteiger partial charge is 0.450 e. The maximum absolute atomic E-state index is 9.98. The maximum atomic E-state index is 9.98. The maximum Gasteiger partial charge on any atom is 0.507 e. The van der Waals surface area contributed by atoms with Gasteiger partial charge in [0, 0.05) is 26.2 Å². The number of piperazine rings is 1. The Bertz CT molecular complexity index is 134. The summed E-state index contributed by atoms with van der Waals surface area (Å²) in [7, 11) is 0. The van der Waals surface area contributed by atoms with E-state index in [0.29, 0.717) is 0 Å². The van der Waals surface area contributed by atoms with E-state index < -0.39 is 6.16 Å². The largest absolute Gasteiger partial charge is 0.507 e. The summed E-state index contributed by atoms with van der Waals surface area (Å²) in [5.41, 5.74) is 0. The van der Waals surface area contributed by atoms with Gasteiger partial charge in [-0.2, -0.15) is 0 Å². The predicted octanol–water partition coefficient (Wildman–Crippen LogP) is -0.456. The van der Waals surface area contributed by atoms with E-state index in [9.17, 15) is 4.79 Å². The van der Waals surface area contributed by atoms with Gasteiger partial charge in [-0.1, -0.05) is 0 Å². The van der Waals surface area contributed by atoms with Gasteiger partial charge in [-0.3, -0.25) is 4.90 Å². The molecule has 0 amide bonds. The van der Waals surface area contributed by atoms with Crippen LogP contribution in [0.5, 0.6) is 0 Å². The Balaban J connectivity index is 2.09. The van der Waals surface area contributed by atoms with E-state index in [4.69, 9.17) is 5.11 Å². The van der Waals surface area contributed by atoms with Crippen LogP contribution < -0.4 is 5.32 Å². The summed E-state index contributed by atoms with van der Waals surface area (Å²) in [5.74, 6) is 0. The number of carboxylic acid groups (broad SMARTS) is 1. The molecule has 0 radical (unpaired) electrons. The number of hydrogen-bond donors (Lipinski definition) is 2. The zero-order chi connectivity index (χ0) is 8.10. The zero-order valence-electron chi connectivity index (χ0n) is 6.25. The van der Waals surface area contributed by atoms with Crippen molar-refractivity contribution in [1.29, 1.82) is 0 Å². The lowest BCUT2D eigenvalue weighted by molar-refractivity contribution is 0.0305. The fourth-order valence-corrected chi connectivity index (χ4v) is 0.987. The van der Waals surface area contributed by atoms with Crippen LogP contribution in [0.15, 0.2) is 0 Å². The second kappa shape index (κ2) is 4.15. The fourth-order valence-electron chi connectivity index (χ4n) is 0.987. The quantitative estimate of drug-likeness (QED) is 0.535. The first-order valence-electron chi connectivity index (χ1n) is 3.58. The van der Waals surface area contributed by atoms with Crippen molar-refractivity contribution in [3.8, 4) is 0 Å². The second-order valence-electron chi connectivity index (χ2n) is 2.41. The molecule has 0 aromatic heterocycles. The summed E-state index contributed by atoms with van der Waals surface area (Å²) < 4.78 is 4.40. The van der Waals surface area contributed by atoms with Gasteiger partial charge < -0.3 is 15.2 Å². The SMILES string of the molecule is O=C(O)OCN1CCNCC1. The van der Waals surface area contributed by atoms with Crippen LogP contribution in [0, 0.1) is 0 Å². The number of nitrogens with zero attached hydrogens (tertiary/aromatic N) is 1. The lowest BCUT2D eigenvalue weighted by atomic mass is 10.4. The normalized spacial score (nSPS) is 19.6. The molecule has 0 unspecified atom stereocenters. The summed E-state index contributed by atoms with van der Waals surface area (Å²) in [6.07, 6.45) is -1.21. The molecule has 0 saturated carbocycles. The Labute approximate surface area is 64.9 Å². The minimum Gasteiger partial charge on any atom is -0.450 e. The summed E-state index contributed by atoms with van der Waals surface area (Å²) in [4.78, 5) is 11.9. The molecular weight excluding hydrogens is 148 g/mol. The molecule has 1 aliphatic rings. The molecule has 1 rings (SSSR count). The molecule has 11 heavy (non-hydrogen) atoms. The molecule has 0 spiro atoms. The van der Waals surface area contributed by atoms with Crippen molar-refractivity contribution in [2.75, 3.05) is 32.9 Å². The predicted molar refractivity (Wildman–Crippen MR) is 38.4 cm³/mol. The van der Waals surface area contributed by atoms with E-state index >= 15 is 0 Å². The van der Waals surface area contributed by atoms with Gasteiger partial charge in [0.05, 0.1) is 0 Å². The standard InChI is InChI=1S/C6H12N2O3/c9-6(10)11-5-8-3-1-7-2-4-8/h7H,1-5H2,(H,9,10). The van der Waals surface area contributed by atoms with Crippen LogP contribution in [0.4, 0.5) is 4.79 Å². The molecule has 5 heteroatoms. The highest BCUT2D eigenvalue weighted by Gasteiger charge is 2.10. The highest BCUT2D eigenvalue weighted by atomic mass is 16.7. The molecule has 1 heterocycles. The van der Waals surface area contributed by atoms with Crippen molar-refractivity contribution < 1.29 is 14.6 Å². The van der Waals surface area contributed by atoms with E-state index in [0.717, 1.165) is 26.2 Å². The van der Waals surface area contributed by atoms with E-state index in [1.165, 1.54) is 0 Å². The Kier molecular flexibility index (Phi) is 3.13. The minimum absolute atomic E-state index is 0.191. The van der Waals surface area contributed by atoms with Crippen molar-refractivity contribution in [3.05, 3.63) is 0 Å². The van der Waals surface area contributed by atoms with Crippen molar-refractivity contribution in [2.24, 2.45) is 0 Å². The van der Waals surface area contributed by atoms with Crippen molar-refractivity contribution in [2.45, 2.75) is 0 Å². The number of ether oxygens (including phenoxy) is 1. The topological polar surface area (TPSA) is 61.8 Å². The number of carbonyl (C=O) groups is 1. The first kappa shape index (κ1) is 8.29. The van der Waals surface area contributed by atoms with Gasteiger partial charge in [-0.05, 0) is 0 Å². The Morgan fingerprint density at radius 2 is 2.18 bits per heavy atom. The molecule has 0 aromatic carbocycles. The lowest BCUT2D eigenvalue weighted by Gasteiger charge is -2.25. The number of rotatable bonds is 2.